The Balaban J connectivity index is 2.23. The molecule has 0 aliphatic carbocycles. The van der Waals surface area contributed by atoms with Crippen LogP contribution >= 0.6 is 11.8 Å². The van der Waals surface area contributed by atoms with Crippen LogP contribution in [0.4, 0.5) is 4.79 Å². The molecule has 21 heavy (non-hydrogen) atoms. The van der Waals surface area contributed by atoms with Gasteiger partial charge in [0, 0.05) is 36.8 Å². The van der Waals surface area contributed by atoms with Crippen molar-refractivity contribution < 1.29 is 4.79 Å². The second-order valence-corrected chi connectivity index (χ2v) is 6.54. The van der Waals surface area contributed by atoms with Gasteiger partial charge in [0.25, 0.3) is 5.24 Å². The lowest BCUT2D eigenvalue weighted by molar-refractivity contribution is 0.241. The molecular weight excluding hydrogens is 282 g/mol. The van der Waals surface area contributed by atoms with E-state index in [4.69, 9.17) is 0 Å². The Hall–Kier alpha value is -1.75. The van der Waals surface area contributed by atoms with Gasteiger partial charge in [-0.25, -0.2) is 0 Å². The Morgan fingerprint density at radius 2 is 2.00 bits per heavy atom. The van der Waals surface area contributed by atoms with Crippen molar-refractivity contribution in [2.45, 2.75) is 31.7 Å². The van der Waals surface area contributed by atoms with E-state index in [9.17, 15) is 4.79 Å². The fraction of sp³-hybridized carbons (Fsp3) is 0.375. The van der Waals surface area contributed by atoms with Gasteiger partial charge in [0.05, 0.1) is 6.20 Å². The fourth-order valence-corrected chi connectivity index (χ4v) is 2.63. The van der Waals surface area contributed by atoms with Crippen molar-refractivity contribution in [2.75, 3.05) is 14.1 Å². The SMILES string of the molecule is Cc1cc(-c2cnn(C(C)C)c2)ccc1SC(=O)N(C)C. The molecule has 0 fully saturated rings. The summed E-state index contributed by atoms with van der Waals surface area (Å²) in [6.07, 6.45) is 3.93. The van der Waals surface area contributed by atoms with Gasteiger partial charge in [-0.3, -0.25) is 9.48 Å². The van der Waals surface area contributed by atoms with Crippen LogP contribution in [-0.2, 0) is 0 Å². The van der Waals surface area contributed by atoms with E-state index in [0.717, 1.165) is 21.6 Å². The van der Waals surface area contributed by atoms with Crippen molar-refractivity contribution in [3.63, 3.8) is 0 Å². The molecule has 1 amide bonds. The van der Waals surface area contributed by atoms with Crippen LogP contribution in [0.3, 0.4) is 0 Å². The highest BCUT2D eigenvalue weighted by Crippen LogP contribution is 2.29. The maximum absolute atomic E-state index is 11.8. The summed E-state index contributed by atoms with van der Waals surface area (Å²) in [5, 5.41) is 4.41. The summed E-state index contributed by atoms with van der Waals surface area (Å²) >= 11 is 1.26. The molecule has 112 valence electrons. The number of thioether (sulfide) groups is 1. The highest BCUT2D eigenvalue weighted by Gasteiger charge is 2.11. The van der Waals surface area contributed by atoms with Crippen LogP contribution in [0.25, 0.3) is 11.1 Å². The number of carbonyl (C=O) groups excluding carboxylic acids is 1. The molecule has 0 spiro atoms. The molecule has 0 aliphatic rings. The summed E-state index contributed by atoms with van der Waals surface area (Å²) in [6, 6.07) is 6.50. The molecule has 2 aromatic rings. The zero-order chi connectivity index (χ0) is 15.6. The number of hydrogen-bond acceptors (Lipinski definition) is 3. The van der Waals surface area contributed by atoms with Gasteiger partial charge in [-0.05, 0) is 49.7 Å². The molecule has 0 N–H and O–H groups in total. The fourth-order valence-electron chi connectivity index (χ4n) is 1.90. The number of carbonyl (C=O) groups is 1. The molecule has 1 aromatic heterocycles. The molecule has 1 heterocycles. The minimum atomic E-state index is 0.0403. The third-order valence-electron chi connectivity index (χ3n) is 3.20. The molecule has 0 bridgehead atoms. The first kappa shape index (κ1) is 15.6. The first-order valence-corrected chi connectivity index (χ1v) is 7.74. The maximum atomic E-state index is 11.8. The minimum Gasteiger partial charge on any atom is -0.339 e. The van der Waals surface area contributed by atoms with Crippen molar-refractivity contribution >= 4 is 17.0 Å². The Bertz CT molecular complexity index is 647. The minimum absolute atomic E-state index is 0.0403. The highest BCUT2D eigenvalue weighted by molar-refractivity contribution is 8.13. The zero-order valence-electron chi connectivity index (χ0n) is 13.1. The van der Waals surface area contributed by atoms with Crippen molar-refractivity contribution in [1.82, 2.24) is 14.7 Å². The van der Waals surface area contributed by atoms with Crippen molar-refractivity contribution in [2.24, 2.45) is 0 Å². The lowest BCUT2D eigenvalue weighted by atomic mass is 10.1. The van der Waals surface area contributed by atoms with E-state index in [2.05, 4.69) is 31.2 Å². The summed E-state index contributed by atoms with van der Waals surface area (Å²) in [7, 11) is 3.53. The van der Waals surface area contributed by atoms with Crippen LogP contribution in [-0.4, -0.2) is 34.0 Å². The predicted molar refractivity (Wildman–Crippen MR) is 87.7 cm³/mol. The first-order chi connectivity index (χ1) is 9.88. The smallest absolute Gasteiger partial charge is 0.285 e. The van der Waals surface area contributed by atoms with Gasteiger partial charge in [-0.15, -0.1) is 0 Å². The van der Waals surface area contributed by atoms with E-state index in [1.165, 1.54) is 11.8 Å². The van der Waals surface area contributed by atoms with Gasteiger partial charge in [0.2, 0.25) is 0 Å². The number of aromatic nitrogens is 2. The van der Waals surface area contributed by atoms with Gasteiger partial charge in [0.15, 0.2) is 0 Å². The Morgan fingerprint density at radius 1 is 1.29 bits per heavy atom. The van der Waals surface area contributed by atoms with Crippen LogP contribution in [0.5, 0.6) is 0 Å². The van der Waals surface area contributed by atoms with E-state index in [-0.39, 0.29) is 5.24 Å². The second-order valence-electron chi connectivity index (χ2n) is 5.55. The normalized spacial score (nSPS) is 11.0. The second kappa shape index (κ2) is 6.35. The molecule has 0 radical (unpaired) electrons. The summed E-state index contributed by atoms with van der Waals surface area (Å²) in [5.74, 6) is 0. The largest absolute Gasteiger partial charge is 0.339 e. The molecule has 0 saturated carbocycles. The molecule has 0 aliphatic heterocycles. The number of aryl methyl sites for hydroxylation is 1. The van der Waals surface area contributed by atoms with E-state index >= 15 is 0 Å². The third-order valence-corrected chi connectivity index (χ3v) is 4.42. The molecular formula is C16H21N3OS. The summed E-state index contributed by atoms with van der Waals surface area (Å²) in [5.41, 5.74) is 3.33. The van der Waals surface area contributed by atoms with Gasteiger partial charge in [-0.1, -0.05) is 12.1 Å². The Morgan fingerprint density at radius 3 is 2.52 bits per heavy atom. The van der Waals surface area contributed by atoms with E-state index < -0.39 is 0 Å². The third kappa shape index (κ3) is 3.67. The molecule has 0 atom stereocenters. The molecule has 1 aromatic carbocycles. The summed E-state index contributed by atoms with van der Waals surface area (Å²) in [6.45, 7) is 6.24. The van der Waals surface area contributed by atoms with Crippen molar-refractivity contribution in [3.05, 3.63) is 36.2 Å². The topological polar surface area (TPSA) is 38.1 Å². The summed E-state index contributed by atoms with van der Waals surface area (Å²) < 4.78 is 1.95. The van der Waals surface area contributed by atoms with E-state index in [0.29, 0.717) is 6.04 Å². The average Bonchev–Trinajstić information content (AvgIpc) is 2.90. The van der Waals surface area contributed by atoms with Crippen LogP contribution in [0, 0.1) is 6.92 Å². The Labute approximate surface area is 130 Å². The zero-order valence-corrected chi connectivity index (χ0v) is 13.9. The number of amides is 1. The van der Waals surface area contributed by atoms with Crippen molar-refractivity contribution in [1.29, 1.82) is 0 Å². The monoisotopic (exact) mass is 303 g/mol. The molecule has 0 saturated heterocycles. The van der Waals surface area contributed by atoms with E-state index in [1.54, 1.807) is 19.0 Å². The average molecular weight is 303 g/mol. The van der Waals surface area contributed by atoms with Crippen LogP contribution in [0.1, 0.15) is 25.5 Å². The van der Waals surface area contributed by atoms with Gasteiger partial charge >= 0.3 is 0 Å². The van der Waals surface area contributed by atoms with Crippen molar-refractivity contribution in [3.8, 4) is 11.1 Å². The lowest BCUT2D eigenvalue weighted by Crippen LogP contribution is -2.16. The molecule has 2 rings (SSSR count). The van der Waals surface area contributed by atoms with Crippen LogP contribution in [0.2, 0.25) is 0 Å². The molecule has 5 heteroatoms. The number of nitrogens with zero attached hydrogens (tertiary/aromatic N) is 3. The van der Waals surface area contributed by atoms with E-state index in [1.807, 2.05) is 29.9 Å². The van der Waals surface area contributed by atoms with Gasteiger partial charge in [-0.2, -0.15) is 5.10 Å². The van der Waals surface area contributed by atoms with Gasteiger partial charge in [0.1, 0.15) is 0 Å². The number of benzene rings is 1. The van der Waals surface area contributed by atoms with Crippen LogP contribution < -0.4 is 0 Å². The molecule has 0 unspecified atom stereocenters. The maximum Gasteiger partial charge on any atom is 0.285 e. The number of rotatable bonds is 3. The number of hydrogen-bond donors (Lipinski definition) is 0. The predicted octanol–water partition coefficient (Wildman–Crippen LogP) is 4.21. The Kier molecular flexibility index (Phi) is 4.73. The molecule has 4 nitrogen and oxygen atoms in total. The lowest BCUT2D eigenvalue weighted by Gasteiger charge is -2.11. The van der Waals surface area contributed by atoms with Crippen LogP contribution in [0.15, 0.2) is 35.5 Å². The standard InChI is InChI=1S/C16H21N3OS/c1-11(2)19-10-14(9-17-19)13-6-7-15(12(3)8-13)21-16(20)18(4)5/h6-11H,1-5H3. The first-order valence-electron chi connectivity index (χ1n) is 6.93. The summed E-state index contributed by atoms with van der Waals surface area (Å²) in [4.78, 5) is 14.4. The van der Waals surface area contributed by atoms with Gasteiger partial charge < -0.3 is 4.90 Å². The highest BCUT2D eigenvalue weighted by atomic mass is 32.2. The quantitative estimate of drug-likeness (QED) is 0.797.